The summed E-state index contributed by atoms with van der Waals surface area (Å²) in [4.78, 5) is 4.92. The van der Waals surface area contributed by atoms with Crippen LogP contribution in [0.3, 0.4) is 0 Å². The fourth-order valence-electron chi connectivity index (χ4n) is 21.0. The average molecular weight is 1590 g/mol. The van der Waals surface area contributed by atoms with Crippen molar-refractivity contribution in [2.24, 2.45) is 0 Å². The summed E-state index contributed by atoms with van der Waals surface area (Å²) >= 11 is 0. The van der Waals surface area contributed by atoms with Gasteiger partial charge < -0.3 is 9.80 Å². The van der Waals surface area contributed by atoms with Crippen LogP contribution in [0.1, 0.15) is 276 Å². The molecule has 0 aliphatic heterocycles. The lowest BCUT2D eigenvalue weighted by molar-refractivity contribution is 0.398. The molecule has 11 aromatic carbocycles. The Labute approximate surface area is 730 Å². The molecule has 0 atom stereocenters. The van der Waals surface area contributed by atoms with Gasteiger partial charge in [-0.25, -0.2) is 0 Å². The highest BCUT2D eigenvalue weighted by atomic mass is 15.2. The largest absolute Gasteiger partial charge is 0.311 e. The average Bonchev–Trinajstić information content (AvgIpc) is 1.57. The molecule has 622 valence electrons. The SMILES string of the molecule is C=C/C=C/CCCC1(CCC/C=C/C=C)c2cc(-c3ccc(N(c4ccc(CCCC)cc4)c4ccc(N(c5ccc(CCCC)cc5)c5ccc(-c6ccc7c(c6)C(CCCCCCCC)(CCCCCCCC)c6cc(C)ccc6-7)cc5)cc4)cc3)ccc2-c2ccc(-c3ccc4c(c3)C(CCCC=C)(CCCC=C)c3cc(C)ccc3-4)cc21. The van der Waals surface area contributed by atoms with E-state index >= 15 is 0 Å². The maximum Gasteiger partial charge on any atom is 0.0463 e. The van der Waals surface area contributed by atoms with Crippen LogP contribution in [-0.4, -0.2) is 0 Å². The van der Waals surface area contributed by atoms with Gasteiger partial charge in [-0.3, -0.25) is 0 Å². The molecule has 0 saturated heterocycles. The van der Waals surface area contributed by atoms with Gasteiger partial charge in [-0.15, -0.1) is 13.2 Å². The molecule has 2 heteroatoms. The first-order chi connectivity index (χ1) is 59.4. The van der Waals surface area contributed by atoms with Crippen LogP contribution in [0.15, 0.2) is 305 Å². The van der Waals surface area contributed by atoms with E-state index in [1.165, 1.54) is 227 Å². The third-order valence-corrected chi connectivity index (χ3v) is 27.5. The number of fused-ring (bicyclic) bond motifs is 9. The van der Waals surface area contributed by atoms with Crippen molar-refractivity contribution in [2.45, 2.75) is 263 Å². The van der Waals surface area contributed by atoms with Gasteiger partial charge >= 0.3 is 0 Å². The first-order valence-corrected chi connectivity index (χ1v) is 47.1. The van der Waals surface area contributed by atoms with Crippen LogP contribution in [0.25, 0.3) is 66.8 Å². The summed E-state index contributed by atoms with van der Waals surface area (Å²) in [6.07, 6.45) is 54.5. The summed E-state index contributed by atoms with van der Waals surface area (Å²) in [7, 11) is 0. The van der Waals surface area contributed by atoms with Gasteiger partial charge in [0.15, 0.2) is 0 Å². The van der Waals surface area contributed by atoms with Crippen molar-refractivity contribution in [1.82, 2.24) is 0 Å². The first kappa shape index (κ1) is 86.8. The molecule has 2 nitrogen and oxygen atoms in total. The Balaban J connectivity index is 0.806. The molecule has 3 aliphatic carbocycles. The molecule has 11 aromatic rings. The fraction of sp³-hybridized carbons (Fsp3) is 0.345. The number of allylic oxidation sites excluding steroid dienone is 8. The molecule has 0 heterocycles. The lowest BCUT2D eigenvalue weighted by atomic mass is 9.69. The Kier molecular flexibility index (Phi) is 30.0. The highest BCUT2D eigenvalue weighted by Crippen LogP contribution is 2.60. The monoisotopic (exact) mass is 1590 g/mol. The molecule has 14 rings (SSSR count). The van der Waals surface area contributed by atoms with E-state index in [0.29, 0.717) is 0 Å². The number of hydrogen-bond acceptors (Lipinski definition) is 2. The summed E-state index contributed by atoms with van der Waals surface area (Å²) in [5, 5.41) is 0. The molecule has 0 unspecified atom stereocenters. The molecular formula is C119H136N2. The molecule has 121 heavy (non-hydrogen) atoms. The maximum absolute atomic E-state index is 4.18. The minimum absolute atomic E-state index is 0.0168. The Morgan fingerprint density at radius 2 is 0.496 bits per heavy atom. The summed E-state index contributed by atoms with van der Waals surface area (Å²) in [6.45, 7) is 30.3. The number of anilines is 6. The van der Waals surface area contributed by atoms with Crippen molar-refractivity contribution in [3.63, 3.8) is 0 Å². The summed E-state index contributed by atoms with van der Waals surface area (Å²) in [5.41, 5.74) is 37.0. The molecule has 0 amide bonds. The zero-order valence-electron chi connectivity index (χ0n) is 74.4. The fourth-order valence-corrected chi connectivity index (χ4v) is 21.0. The number of unbranched alkanes of at least 4 members (excludes halogenated alkanes) is 16. The van der Waals surface area contributed by atoms with E-state index < -0.39 is 0 Å². The summed E-state index contributed by atoms with van der Waals surface area (Å²) in [5.74, 6) is 0. The number of benzene rings is 11. The second-order valence-electron chi connectivity index (χ2n) is 35.7. The van der Waals surface area contributed by atoms with E-state index in [0.717, 1.165) is 124 Å². The Morgan fingerprint density at radius 3 is 0.802 bits per heavy atom. The highest BCUT2D eigenvalue weighted by Gasteiger charge is 2.46. The van der Waals surface area contributed by atoms with Crippen molar-refractivity contribution < 1.29 is 0 Å². The van der Waals surface area contributed by atoms with E-state index in [-0.39, 0.29) is 16.2 Å². The van der Waals surface area contributed by atoms with E-state index in [2.05, 4.69) is 345 Å². The number of nitrogens with zero attached hydrogens (tertiary/aromatic N) is 2. The predicted octanol–water partition coefficient (Wildman–Crippen LogP) is 35.8. The topological polar surface area (TPSA) is 6.48 Å². The van der Waals surface area contributed by atoms with Gasteiger partial charge in [-0.2, -0.15) is 0 Å². The minimum Gasteiger partial charge on any atom is -0.311 e. The van der Waals surface area contributed by atoms with Crippen LogP contribution >= 0.6 is 0 Å². The van der Waals surface area contributed by atoms with Crippen LogP contribution in [0, 0.1) is 13.8 Å². The third-order valence-electron chi connectivity index (χ3n) is 27.5. The standard InChI is InChI=1S/C119H136N2/c1-11-19-27-31-35-41-79-118(80-42-36-32-28-20-12-2)112-84-90(10)45-71-105(112)107-73-55-95(85-113(107)118)93-51-63-101(64-52-93)120(99-59-47-91(48-60-99)43-25-17-7)103-67-69-104(70-68-103)121(100-61-49-92(50-62-100)44-26-18-8)102-65-53-94(54-66-102)96-56-74-109-110-76-58-98(88-116(110)119(114(109)86-96,81-39-33-29-21-13-3)82-40-34-30-22-14-4)97-57-75-108-106-72-46-89(9)83-111(106)117(115(108)87-97,77-37-23-15-5)78-38-24-16-6/h13-16,21-22,29-30,45-76,83-88H,3-6,11-12,17-20,23-28,31-44,77-82H2,1-2,7-10H3/b29-21+,30-22+. The van der Waals surface area contributed by atoms with Crippen molar-refractivity contribution in [2.75, 3.05) is 9.80 Å². The summed E-state index contributed by atoms with van der Waals surface area (Å²) < 4.78 is 0. The van der Waals surface area contributed by atoms with Crippen molar-refractivity contribution in [1.29, 1.82) is 0 Å². The molecule has 0 fully saturated rings. The van der Waals surface area contributed by atoms with Crippen LogP contribution < -0.4 is 9.80 Å². The van der Waals surface area contributed by atoms with Crippen LogP contribution in [0.2, 0.25) is 0 Å². The molecule has 0 bridgehead atoms. The van der Waals surface area contributed by atoms with Crippen LogP contribution in [-0.2, 0) is 29.1 Å². The van der Waals surface area contributed by atoms with Crippen LogP contribution in [0.4, 0.5) is 34.1 Å². The van der Waals surface area contributed by atoms with Crippen molar-refractivity contribution >= 4 is 34.1 Å². The molecule has 3 aliphatic rings. The molecular weight excluding hydrogens is 1460 g/mol. The minimum atomic E-state index is -0.225. The lowest BCUT2D eigenvalue weighted by Crippen LogP contribution is -2.26. The Bertz CT molecular complexity index is 5290. The second kappa shape index (κ2) is 41.8. The van der Waals surface area contributed by atoms with Gasteiger partial charge in [0, 0.05) is 50.4 Å². The molecule has 0 spiro atoms. The lowest BCUT2D eigenvalue weighted by Gasteiger charge is -2.34. The number of hydrogen-bond donors (Lipinski definition) is 0. The molecule has 0 aromatic heterocycles. The number of aryl methyl sites for hydroxylation is 4. The normalized spacial score (nSPS) is 13.5. The second-order valence-corrected chi connectivity index (χ2v) is 35.7. The van der Waals surface area contributed by atoms with Gasteiger partial charge in [0.1, 0.15) is 0 Å². The van der Waals surface area contributed by atoms with Crippen molar-refractivity contribution in [3.05, 3.63) is 361 Å². The zero-order chi connectivity index (χ0) is 84.0. The van der Waals surface area contributed by atoms with Crippen molar-refractivity contribution in [3.8, 4) is 66.8 Å². The van der Waals surface area contributed by atoms with E-state index in [1.807, 2.05) is 12.2 Å². The molecule has 0 saturated carbocycles. The van der Waals surface area contributed by atoms with E-state index in [1.54, 1.807) is 11.1 Å². The molecule has 0 N–H and O–H groups in total. The zero-order valence-corrected chi connectivity index (χ0v) is 74.4. The van der Waals surface area contributed by atoms with Crippen LogP contribution in [0.5, 0.6) is 0 Å². The smallest absolute Gasteiger partial charge is 0.0463 e. The Hall–Kier alpha value is -10.5. The third kappa shape index (κ3) is 19.4. The quantitative estimate of drug-likeness (QED) is 0.0213. The van der Waals surface area contributed by atoms with Gasteiger partial charge in [-0.1, -0.05) is 324 Å². The summed E-state index contributed by atoms with van der Waals surface area (Å²) in [6, 6.07) is 91.7. The Morgan fingerprint density at radius 1 is 0.248 bits per heavy atom. The number of rotatable bonds is 47. The van der Waals surface area contributed by atoms with Gasteiger partial charge in [0.05, 0.1) is 0 Å². The highest BCUT2D eigenvalue weighted by molar-refractivity contribution is 5.91. The van der Waals surface area contributed by atoms with Gasteiger partial charge in [0.2, 0.25) is 0 Å². The molecule has 0 radical (unpaired) electrons. The predicted molar refractivity (Wildman–Crippen MR) is 528 cm³/mol. The van der Waals surface area contributed by atoms with E-state index in [4.69, 9.17) is 0 Å². The van der Waals surface area contributed by atoms with Gasteiger partial charge in [-0.05, 0) is 338 Å². The van der Waals surface area contributed by atoms with E-state index in [9.17, 15) is 0 Å². The maximum atomic E-state index is 4.18. The van der Waals surface area contributed by atoms with Gasteiger partial charge in [0.25, 0.3) is 0 Å². The first-order valence-electron chi connectivity index (χ1n) is 47.1.